The first-order valence-corrected chi connectivity index (χ1v) is 3.58. The molecule has 0 aliphatic carbocycles. The Morgan fingerprint density at radius 2 is 1.90 bits per heavy atom. The molecule has 0 aromatic heterocycles. The van der Waals surface area contributed by atoms with Crippen LogP contribution in [0.25, 0.3) is 0 Å². The van der Waals surface area contributed by atoms with Gasteiger partial charge in [-0.15, -0.1) is 0 Å². The largest absolute Gasteiger partial charge is 0.364 e. The Kier molecular flexibility index (Phi) is 1.54. The van der Waals surface area contributed by atoms with Crippen molar-refractivity contribution in [2.75, 3.05) is 6.54 Å². The van der Waals surface area contributed by atoms with Crippen molar-refractivity contribution >= 4 is 0 Å². The van der Waals surface area contributed by atoms with Crippen LogP contribution in [0.1, 0.15) is 20.8 Å². The molecule has 1 fully saturated rings. The van der Waals surface area contributed by atoms with E-state index in [0.717, 1.165) is 0 Å². The SMILES string of the molecule is CC1CNC(C)(C)C1(O)O. The summed E-state index contributed by atoms with van der Waals surface area (Å²) in [7, 11) is 0. The van der Waals surface area contributed by atoms with Crippen molar-refractivity contribution in [3.63, 3.8) is 0 Å². The van der Waals surface area contributed by atoms with Gasteiger partial charge in [-0.2, -0.15) is 0 Å². The molecular weight excluding hydrogens is 130 g/mol. The molecule has 1 unspecified atom stereocenters. The molecule has 1 aliphatic rings. The zero-order chi connectivity index (χ0) is 7.99. The van der Waals surface area contributed by atoms with Crippen LogP contribution < -0.4 is 5.32 Å². The van der Waals surface area contributed by atoms with E-state index in [1.807, 2.05) is 6.92 Å². The Morgan fingerprint density at radius 1 is 1.40 bits per heavy atom. The van der Waals surface area contributed by atoms with E-state index in [4.69, 9.17) is 0 Å². The van der Waals surface area contributed by atoms with Crippen LogP contribution in [0.15, 0.2) is 0 Å². The van der Waals surface area contributed by atoms with E-state index in [2.05, 4.69) is 5.32 Å². The average molecular weight is 145 g/mol. The molecular formula is C7H15NO2. The highest BCUT2D eigenvalue weighted by Crippen LogP contribution is 2.32. The van der Waals surface area contributed by atoms with Gasteiger partial charge in [0.2, 0.25) is 0 Å². The molecule has 0 spiro atoms. The first kappa shape index (κ1) is 7.98. The van der Waals surface area contributed by atoms with Gasteiger partial charge in [0.1, 0.15) is 0 Å². The monoisotopic (exact) mass is 145 g/mol. The van der Waals surface area contributed by atoms with Gasteiger partial charge in [0, 0.05) is 12.5 Å². The second kappa shape index (κ2) is 1.94. The van der Waals surface area contributed by atoms with Gasteiger partial charge in [-0.3, -0.25) is 0 Å². The molecule has 1 atom stereocenters. The van der Waals surface area contributed by atoms with Crippen LogP contribution in [0.2, 0.25) is 0 Å². The second-order valence-electron chi connectivity index (χ2n) is 3.63. The van der Waals surface area contributed by atoms with E-state index >= 15 is 0 Å². The summed E-state index contributed by atoms with van der Waals surface area (Å²) in [5.41, 5.74) is -0.577. The van der Waals surface area contributed by atoms with E-state index < -0.39 is 11.3 Å². The van der Waals surface area contributed by atoms with Gasteiger partial charge in [0.15, 0.2) is 5.79 Å². The molecule has 0 bridgehead atoms. The fourth-order valence-corrected chi connectivity index (χ4v) is 1.30. The number of hydrogen-bond donors (Lipinski definition) is 3. The number of aliphatic hydroxyl groups is 2. The Labute approximate surface area is 61.1 Å². The summed E-state index contributed by atoms with van der Waals surface area (Å²) < 4.78 is 0. The molecule has 60 valence electrons. The lowest BCUT2D eigenvalue weighted by Crippen LogP contribution is -2.53. The summed E-state index contributed by atoms with van der Waals surface area (Å²) in [5, 5.41) is 22.0. The molecule has 3 nitrogen and oxygen atoms in total. The highest BCUT2D eigenvalue weighted by atomic mass is 16.5. The van der Waals surface area contributed by atoms with Crippen molar-refractivity contribution in [1.29, 1.82) is 0 Å². The van der Waals surface area contributed by atoms with Gasteiger partial charge in [0.05, 0.1) is 5.54 Å². The van der Waals surface area contributed by atoms with Gasteiger partial charge >= 0.3 is 0 Å². The smallest absolute Gasteiger partial charge is 0.184 e. The lowest BCUT2D eigenvalue weighted by atomic mass is 9.90. The number of rotatable bonds is 0. The Bertz CT molecular complexity index is 143. The lowest BCUT2D eigenvalue weighted by Gasteiger charge is -2.33. The van der Waals surface area contributed by atoms with Gasteiger partial charge in [-0.05, 0) is 13.8 Å². The van der Waals surface area contributed by atoms with Crippen molar-refractivity contribution in [3.05, 3.63) is 0 Å². The number of nitrogens with one attached hydrogen (secondary N) is 1. The van der Waals surface area contributed by atoms with Crippen molar-refractivity contribution in [3.8, 4) is 0 Å². The third-order valence-corrected chi connectivity index (χ3v) is 2.46. The van der Waals surface area contributed by atoms with E-state index in [9.17, 15) is 10.2 Å². The molecule has 0 radical (unpaired) electrons. The molecule has 1 heterocycles. The fraction of sp³-hybridized carbons (Fsp3) is 1.00. The quantitative estimate of drug-likeness (QED) is 0.410. The van der Waals surface area contributed by atoms with E-state index in [1.54, 1.807) is 13.8 Å². The Hall–Kier alpha value is -0.120. The summed E-state index contributed by atoms with van der Waals surface area (Å²) in [6.07, 6.45) is 0. The topological polar surface area (TPSA) is 52.5 Å². The maximum absolute atomic E-state index is 9.48. The first-order valence-electron chi connectivity index (χ1n) is 3.58. The molecule has 1 aliphatic heterocycles. The molecule has 0 amide bonds. The van der Waals surface area contributed by atoms with Crippen molar-refractivity contribution in [2.45, 2.75) is 32.1 Å². The average Bonchev–Trinajstić information content (AvgIpc) is 1.94. The van der Waals surface area contributed by atoms with Crippen LogP contribution in [0.5, 0.6) is 0 Å². The number of hydrogen-bond acceptors (Lipinski definition) is 3. The van der Waals surface area contributed by atoms with Crippen molar-refractivity contribution < 1.29 is 10.2 Å². The maximum atomic E-state index is 9.48. The van der Waals surface area contributed by atoms with Gasteiger partial charge in [-0.1, -0.05) is 6.92 Å². The summed E-state index contributed by atoms with van der Waals surface area (Å²) >= 11 is 0. The van der Waals surface area contributed by atoms with E-state index in [-0.39, 0.29) is 5.92 Å². The summed E-state index contributed by atoms with van der Waals surface area (Å²) in [6, 6.07) is 0. The van der Waals surface area contributed by atoms with Crippen LogP contribution in [-0.2, 0) is 0 Å². The summed E-state index contributed by atoms with van der Waals surface area (Å²) in [5.74, 6) is -1.66. The highest BCUT2D eigenvalue weighted by Gasteiger charge is 2.51. The van der Waals surface area contributed by atoms with Gasteiger partial charge in [-0.25, -0.2) is 0 Å². The van der Waals surface area contributed by atoms with Crippen LogP contribution in [-0.4, -0.2) is 28.1 Å². The second-order valence-corrected chi connectivity index (χ2v) is 3.63. The minimum atomic E-state index is -1.56. The van der Waals surface area contributed by atoms with E-state index in [1.165, 1.54) is 0 Å². The van der Waals surface area contributed by atoms with Crippen molar-refractivity contribution in [2.24, 2.45) is 5.92 Å². The predicted octanol–water partition coefficient (Wildman–Crippen LogP) is -0.315. The third-order valence-electron chi connectivity index (χ3n) is 2.46. The molecule has 1 rings (SSSR count). The van der Waals surface area contributed by atoms with Crippen molar-refractivity contribution in [1.82, 2.24) is 5.32 Å². The Morgan fingerprint density at radius 3 is 2.00 bits per heavy atom. The molecule has 0 saturated carbocycles. The molecule has 3 N–H and O–H groups in total. The van der Waals surface area contributed by atoms with Gasteiger partial charge < -0.3 is 15.5 Å². The zero-order valence-corrected chi connectivity index (χ0v) is 6.68. The molecule has 3 heteroatoms. The first-order chi connectivity index (χ1) is 4.38. The molecule has 0 aromatic carbocycles. The molecule has 1 saturated heterocycles. The van der Waals surface area contributed by atoms with E-state index in [0.29, 0.717) is 6.54 Å². The molecule has 0 aromatic rings. The lowest BCUT2D eigenvalue weighted by molar-refractivity contribution is -0.213. The Balaban J connectivity index is 2.84. The standard InChI is InChI=1S/C7H15NO2/c1-5-4-8-6(2,3)7(5,9)10/h5,8-10H,4H2,1-3H3. The third kappa shape index (κ3) is 0.856. The highest BCUT2D eigenvalue weighted by molar-refractivity contribution is 5.01. The summed E-state index contributed by atoms with van der Waals surface area (Å²) in [6.45, 7) is 6.06. The van der Waals surface area contributed by atoms with Crippen LogP contribution in [0.4, 0.5) is 0 Å². The summed E-state index contributed by atoms with van der Waals surface area (Å²) in [4.78, 5) is 0. The minimum absolute atomic E-state index is 0.0949. The van der Waals surface area contributed by atoms with Crippen LogP contribution >= 0.6 is 0 Å². The van der Waals surface area contributed by atoms with Crippen LogP contribution in [0, 0.1) is 5.92 Å². The fourth-order valence-electron chi connectivity index (χ4n) is 1.30. The predicted molar refractivity (Wildman–Crippen MR) is 38.4 cm³/mol. The zero-order valence-electron chi connectivity index (χ0n) is 6.68. The maximum Gasteiger partial charge on any atom is 0.184 e. The van der Waals surface area contributed by atoms with Gasteiger partial charge in [0.25, 0.3) is 0 Å². The minimum Gasteiger partial charge on any atom is -0.364 e. The molecule has 10 heavy (non-hydrogen) atoms. The normalized spacial score (nSPS) is 36.3. The van der Waals surface area contributed by atoms with Crippen LogP contribution in [0.3, 0.4) is 0 Å².